The number of benzene rings is 2. The van der Waals surface area contributed by atoms with Crippen LogP contribution in [0, 0.1) is 20.8 Å². The largest absolute Gasteiger partial charge is 0.385 e. The van der Waals surface area contributed by atoms with Gasteiger partial charge in [-0.15, -0.1) is 0 Å². The van der Waals surface area contributed by atoms with E-state index < -0.39 is 0 Å². The molecule has 1 aliphatic rings. The molecule has 3 rings (SSSR count). The minimum absolute atomic E-state index is 0.843. The van der Waals surface area contributed by atoms with Crippen molar-refractivity contribution >= 4 is 11.3 Å². The van der Waals surface area contributed by atoms with Gasteiger partial charge in [0.1, 0.15) is 0 Å². The second-order valence-electron chi connectivity index (χ2n) is 9.63. The number of fused-ring (bicyclic) bond motifs is 1. The number of nitrogens with one attached hydrogen (secondary N) is 1. The van der Waals surface area contributed by atoms with Gasteiger partial charge in [-0.3, -0.25) is 0 Å². The number of rotatable bonds is 5. The lowest BCUT2D eigenvalue weighted by molar-refractivity contribution is 0.468. The minimum atomic E-state index is 0.843. The van der Waals surface area contributed by atoms with E-state index in [0.717, 1.165) is 29.9 Å². The normalized spacial score (nSPS) is 12.0. The monoisotopic (exact) mass is 458 g/mol. The van der Waals surface area contributed by atoms with Crippen LogP contribution in [-0.2, 0) is 6.54 Å². The molecule has 34 heavy (non-hydrogen) atoms. The van der Waals surface area contributed by atoms with Crippen molar-refractivity contribution in [1.29, 1.82) is 0 Å². The van der Waals surface area contributed by atoms with Crippen LogP contribution in [0.1, 0.15) is 74.4 Å². The second kappa shape index (κ2) is 13.6. The summed E-state index contributed by atoms with van der Waals surface area (Å²) in [6.07, 6.45) is 1.25. The summed E-state index contributed by atoms with van der Waals surface area (Å²) in [5.41, 5.74) is 13.8. The molecule has 0 spiro atoms. The van der Waals surface area contributed by atoms with E-state index >= 15 is 0 Å². The molecule has 184 valence electrons. The molecule has 2 aromatic rings. The highest BCUT2D eigenvalue weighted by Gasteiger charge is 2.25. The summed E-state index contributed by atoms with van der Waals surface area (Å²) in [5.74, 6) is 0. The van der Waals surface area contributed by atoms with Crippen LogP contribution in [0.3, 0.4) is 0 Å². The van der Waals surface area contributed by atoms with Gasteiger partial charge in [0, 0.05) is 31.4 Å². The molecule has 0 radical (unpaired) electrons. The molecule has 0 saturated carbocycles. The van der Waals surface area contributed by atoms with Gasteiger partial charge in [0.15, 0.2) is 0 Å². The maximum atomic E-state index is 4.28. The molecule has 0 amide bonds. The summed E-state index contributed by atoms with van der Waals surface area (Å²) < 4.78 is 0. The molecule has 1 aliphatic heterocycles. The number of hydrogen-bond donors (Lipinski definition) is 1. The quantitative estimate of drug-likeness (QED) is 0.451. The van der Waals surface area contributed by atoms with Crippen LogP contribution in [0.15, 0.2) is 73.0 Å². The molecular formula is C32H46N2. The van der Waals surface area contributed by atoms with E-state index in [-0.39, 0.29) is 0 Å². The van der Waals surface area contributed by atoms with E-state index in [1.54, 1.807) is 0 Å². The standard InChI is InChI=1S/C22H25N.C7H13N.C3H8/c1-14(2)21-19-12-16(4)11-17(5)20(19)13-23(6)22(21)18-9-7-15(3)8-10-18;1-6(2)5-8-7(3)4;1-3-2/h7-12H,1,13H2,2-6H3;8H,1,3,5H2,2,4H3;3H2,1-2H3. The fraction of sp³-hybridized carbons (Fsp3) is 0.375. The van der Waals surface area contributed by atoms with Crippen LogP contribution in [0.5, 0.6) is 0 Å². The molecule has 0 aliphatic carbocycles. The zero-order chi connectivity index (χ0) is 26.0. The Kier molecular flexibility index (Phi) is 11.7. The SMILES string of the molecule is C=C(C)C1=C(c2ccc(C)cc2)N(C)Cc2c(C)cc(C)cc21.C=C(C)CNC(=C)C.CCC. The molecule has 2 aromatic carbocycles. The molecular weight excluding hydrogens is 412 g/mol. The van der Waals surface area contributed by atoms with E-state index in [0.29, 0.717) is 0 Å². The fourth-order valence-corrected chi connectivity index (χ4v) is 3.88. The van der Waals surface area contributed by atoms with E-state index in [9.17, 15) is 0 Å². The molecule has 0 fully saturated rings. The van der Waals surface area contributed by atoms with E-state index in [1.165, 1.54) is 51.1 Å². The van der Waals surface area contributed by atoms with Crippen LogP contribution in [0.2, 0.25) is 0 Å². The summed E-state index contributed by atoms with van der Waals surface area (Å²) in [6, 6.07) is 13.4. The lowest BCUT2D eigenvalue weighted by Gasteiger charge is -2.34. The molecule has 0 saturated heterocycles. The Balaban J connectivity index is 0.000000443. The maximum Gasteiger partial charge on any atom is 0.0522 e. The first-order valence-corrected chi connectivity index (χ1v) is 12.2. The highest BCUT2D eigenvalue weighted by Crippen LogP contribution is 2.41. The first-order chi connectivity index (χ1) is 15.9. The van der Waals surface area contributed by atoms with Crippen LogP contribution >= 0.6 is 0 Å². The summed E-state index contributed by atoms with van der Waals surface area (Å²) in [4.78, 5) is 2.36. The van der Waals surface area contributed by atoms with E-state index in [1.807, 2.05) is 13.8 Å². The second-order valence-corrected chi connectivity index (χ2v) is 9.63. The summed E-state index contributed by atoms with van der Waals surface area (Å²) in [5, 5.41) is 3.05. The highest BCUT2D eigenvalue weighted by atomic mass is 15.1. The molecule has 0 aromatic heterocycles. The number of hydrogen-bond acceptors (Lipinski definition) is 2. The summed E-state index contributed by atoms with van der Waals surface area (Å²) in [7, 11) is 2.18. The molecule has 2 nitrogen and oxygen atoms in total. The first kappa shape index (κ1) is 29.0. The van der Waals surface area contributed by atoms with Crippen LogP contribution < -0.4 is 5.32 Å². The summed E-state index contributed by atoms with van der Waals surface area (Å²) in [6.45, 7) is 30.3. The van der Waals surface area contributed by atoms with E-state index in [2.05, 4.69) is 115 Å². The first-order valence-electron chi connectivity index (χ1n) is 12.2. The van der Waals surface area contributed by atoms with Crippen molar-refractivity contribution in [2.24, 2.45) is 0 Å². The van der Waals surface area contributed by atoms with Crippen LogP contribution in [0.25, 0.3) is 11.3 Å². The molecule has 0 atom stereocenters. The number of nitrogens with zero attached hydrogens (tertiary/aromatic N) is 1. The zero-order valence-corrected chi connectivity index (χ0v) is 23.2. The Hall–Kier alpha value is -3.00. The Labute approximate surface area is 209 Å². The van der Waals surface area contributed by atoms with Gasteiger partial charge >= 0.3 is 0 Å². The average Bonchev–Trinajstić information content (AvgIpc) is 2.74. The van der Waals surface area contributed by atoms with Gasteiger partial charge in [0.2, 0.25) is 0 Å². The van der Waals surface area contributed by atoms with Gasteiger partial charge in [0.25, 0.3) is 0 Å². The molecule has 0 bridgehead atoms. The number of allylic oxidation sites excluding steroid dienone is 3. The lowest BCUT2D eigenvalue weighted by Crippen LogP contribution is -2.24. The van der Waals surface area contributed by atoms with E-state index in [4.69, 9.17) is 0 Å². The Morgan fingerprint density at radius 1 is 0.912 bits per heavy atom. The zero-order valence-electron chi connectivity index (χ0n) is 23.2. The van der Waals surface area contributed by atoms with Crippen LogP contribution in [0.4, 0.5) is 0 Å². The maximum absolute atomic E-state index is 4.28. The predicted octanol–water partition coefficient (Wildman–Crippen LogP) is 8.60. The molecule has 2 heteroatoms. The van der Waals surface area contributed by atoms with Crippen LogP contribution in [-0.4, -0.2) is 18.5 Å². The van der Waals surface area contributed by atoms with Crippen molar-refractivity contribution in [2.45, 2.75) is 68.4 Å². The van der Waals surface area contributed by atoms with Crippen molar-refractivity contribution in [2.75, 3.05) is 13.6 Å². The number of aryl methyl sites for hydroxylation is 3. The average molecular weight is 459 g/mol. The Bertz CT molecular complexity index is 1020. The highest BCUT2D eigenvalue weighted by molar-refractivity contribution is 5.99. The van der Waals surface area contributed by atoms with Gasteiger partial charge in [-0.1, -0.05) is 93.1 Å². The third kappa shape index (κ3) is 8.41. The molecule has 1 N–H and O–H groups in total. The van der Waals surface area contributed by atoms with Gasteiger partial charge in [-0.25, -0.2) is 0 Å². The minimum Gasteiger partial charge on any atom is -0.385 e. The van der Waals surface area contributed by atoms with Crippen molar-refractivity contribution < 1.29 is 0 Å². The van der Waals surface area contributed by atoms with Gasteiger partial charge < -0.3 is 10.2 Å². The molecule has 1 heterocycles. The van der Waals surface area contributed by atoms with Crippen molar-refractivity contribution in [1.82, 2.24) is 10.2 Å². The van der Waals surface area contributed by atoms with Crippen molar-refractivity contribution in [3.05, 3.63) is 106 Å². The topological polar surface area (TPSA) is 15.3 Å². The third-order valence-electron chi connectivity index (χ3n) is 5.34. The van der Waals surface area contributed by atoms with Gasteiger partial charge in [-0.05, 0) is 69.4 Å². The lowest BCUT2D eigenvalue weighted by atomic mass is 9.84. The van der Waals surface area contributed by atoms with Gasteiger partial charge in [0.05, 0.1) is 5.70 Å². The van der Waals surface area contributed by atoms with Crippen molar-refractivity contribution in [3.8, 4) is 0 Å². The Morgan fingerprint density at radius 3 is 1.91 bits per heavy atom. The van der Waals surface area contributed by atoms with Crippen molar-refractivity contribution in [3.63, 3.8) is 0 Å². The summed E-state index contributed by atoms with van der Waals surface area (Å²) >= 11 is 0. The third-order valence-corrected chi connectivity index (χ3v) is 5.34. The fourth-order valence-electron chi connectivity index (χ4n) is 3.88. The Morgan fingerprint density at radius 2 is 1.47 bits per heavy atom. The predicted molar refractivity (Wildman–Crippen MR) is 154 cm³/mol. The molecule has 0 unspecified atom stereocenters. The smallest absolute Gasteiger partial charge is 0.0522 e. The van der Waals surface area contributed by atoms with Gasteiger partial charge in [-0.2, -0.15) is 0 Å².